The molecule has 50 heavy (non-hydrogen) atoms. The topological polar surface area (TPSA) is 6.48 Å². The van der Waals surface area contributed by atoms with E-state index in [0.29, 0.717) is 11.8 Å². The number of allylic oxidation sites excluding steroid dienone is 6. The first kappa shape index (κ1) is 44.8. The predicted octanol–water partition coefficient (Wildman–Crippen LogP) is 5.53. The molecule has 0 amide bonds. The van der Waals surface area contributed by atoms with Crippen LogP contribution in [0.4, 0.5) is 11.4 Å². The third kappa shape index (κ3) is 10.9. The van der Waals surface area contributed by atoms with E-state index < -0.39 is 32.3 Å². The second-order valence-corrected chi connectivity index (χ2v) is 40.2. The standard InChI is InChI=1S/2C19H26NSi2.C3H6.2ClH.Zr/c2*1-21(2,3)17-12-15-13-19(22(4,5)6)20(18(15)14-17)16-10-8-7-9-11-16;1-3-2;;;/h2*7-11,13-15H,1-6H3;1-2H3;2*1H;/q2*-1;;;;+2/p-2. The zero-order valence-electron chi connectivity index (χ0n) is 32.9. The molecular weight excluding hydrogens is 795 g/mol. The maximum absolute atomic E-state index is 3.78. The van der Waals surface area contributed by atoms with Crippen molar-refractivity contribution >= 4 is 46.9 Å². The van der Waals surface area contributed by atoms with E-state index in [1.54, 1.807) is 24.2 Å². The van der Waals surface area contributed by atoms with Crippen LogP contribution in [0.15, 0.2) is 117 Å². The van der Waals surface area contributed by atoms with E-state index in [1.807, 2.05) is 0 Å². The molecule has 2 atom stereocenters. The van der Waals surface area contributed by atoms with Crippen LogP contribution in [0.2, 0.25) is 78.6 Å². The number of anilines is 2. The minimum atomic E-state index is -1.40. The van der Waals surface area contributed by atoms with Crippen molar-refractivity contribution in [3.8, 4) is 0 Å². The number of para-hydroxylation sites is 2. The van der Waals surface area contributed by atoms with E-state index in [0.717, 1.165) is 0 Å². The van der Waals surface area contributed by atoms with Crippen molar-refractivity contribution in [1.29, 1.82) is 0 Å². The Balaban J connectivity index is 0.000000303. The van der Waals surface area contributed by atoms with E-state index in [2.05, 4.69) is 199 Å². The normalized spacial score (nSPS) is 19.4. The zero-order valence-corrected chi connectivity index (χ0v) is 40.9. The smallest absolute Gasteiger partial charge is 0.0984 e. The summed E-state index contributed by atoms with van der Waals surface area (Å²) < 4.78 is 1.51. The van der Waals surface area contributed by atoms with Crippen molar-refractivity contribution < 1.29 is 49.0 Å². The molecule has 0 spiro atoms. The Bertz CT molecular complexity index is 1570. The van der Waals surface area contributed by atoms with Gasteiger partial charge in [-0.2, -0.15) is 12.2 Å². The quantitative estimate of drug-likeness (QED) is 0.279. The van der Waals surface area contributed by atoms with Gasteiger partial charge in [-0.05, 0) is 24.3 Å². The Morgan fingerprint density at radius 3 is 1.04 bits per heavy atom. The zero-order chi connectivity index (χ0) is 35.8. The maximum Gasteiger partial charge on any atom is 0.0984 e. The summed E-state index contributed by atoms with van der Waals surface area (Å²) in [5.74, 6) is 0.729. The Hall–Kier alpha value is -1.32. The third-order valence-corrected chi connectivity index (χ3v) is 16.3. The third-order valence-electron chi connectivity index (χ3n) is 8.67. The van der Waals surface area contributed by atoms with Crippen LogP contribution in [0.25, 0.3) is 0 Å². The minimum Gasteiger partial charge on any atom is -1.00 e. The summed E-state index contributed by atoms with van der Waals surface area (Å²) in [6, 6.07) is 21.6. The average molecular weight is 853 g/mol. The van der Waals surface area contributed by atoms with Gasteiger partial charge in [0.2, 0.25) is 0 Å². The van der Waals surface area contributed by atoms with Gasteiger partial charge in [-0.25, -0.2) is 10.4 Å². The van der Waals surface area contributed by atoms with Crippen LogP contribution in [-0.4, -0.2) is 35.5 Å². The van der Waals surface area contributed by atoms with Crippen LogP contribution < -0.4 is 34.6 Å². The Labute approximate surface area is 336 Å². The first-order chi connectivity index (χ1) is 22.1. The van der Waals surface area contributed by atoms with Gasteiger partial charge in [-0.1, -0.05) is 150 Å². The van der Waals surface area contributed by atoms with Gasteiger partial charge in [0.1, 0.15) is 0 Å². The molecule has 2 aromatic rings. The minimum absolute atomic E-state index is 0. The van der Waals surface area contributed by atoms with Crippen molar-refractivity contribution in [2.24, 2.45) is 11.8 Å². The second-order valence-electron chi connectivity index (χ2n) is 17.7. The molecule has 9 heteroatoms. The molecule has 0 N–H and O–H groups in total. The van der Waals surface area contributed by atoms with Gasteiger partial charge >= 0.3 is 41.3 Å². The Morgan fingerprint density at radius 1 is 0.520 bits per heavy atom. The summed E-state index contributed by atoms with van der Waals surface area (Å²) in [6.45, 7) is 33.3. The van der Waals surface area contributed by atoms with Crippen LogP contribution in [0, 0.1) is 24.0 Å². The van der Waals surface area contributed by atoms with Crippen LogP contribution in [0.3, 0.4) is 0 Å². The largest absolute Gasteiger partial charge is 1.00 e. The van der Waals surface area contributed by atoms with Gasteiger partial charge in [0.15, 0.2) is 0 Å². The Kier molecular flexibility index (Phi) is 15.4. The molecule has 2 aromatic carbocycles. The number of benzene rings is 2. The molecule has 0 aromatic heterocycles. The van der Waals surface area contributed by atoms with Gasteiger partial charge < -0.3 is 34.6 Å². The van der Waals surface area contributed by atoms with E-state index in [4.69, 9.17) is 0 Å². The number of fused-ring (bicyclic) bond motifs is 2. The van der Waals surface area contributed by atoms with Crippen molar-refractivity contribution in [3.63, 3.8) is 0 Å². The van der Waals surface area contributed by atoms with E-state index in [-0.39, 0.29) is 24.8 Å². The molecule has 6 rings (SSSR count). The SMILES string of the molecule is C[C](C)=[Zr+2].C[Si](C)(C)C1=[C-]C2C=C([Si](C)(C)C)N(c3ccccc3)C2=C1.C[Si](C)(C)C1=[C-]C2C=C([Si](C)(C)C)N(c3ccccc3)C2=C1.[Cl-].[Cl-]. The Morgan fingerprint density at radius 2 is 0.800 bits per heavy atom. The van der Waals surface area contributed by atoms with Crippen molar-refractivity contribution in [3.05, 3.63) is 130 Å². The molecule has 2 aliphatic carbocycles. The molecule has 2 unspecified atom stereocenters. The van der Waals surface area contributed by atoms with Gasteiger partial charge in [0, 0.05) is 38.2 Å². The summed E-state index contributed by atoms with van der Waals surface area (Å²) in [6.07, 6.45) is 17.4. The fourth-order valence-corrected chi connectivity index (χ4v) is 11.7. The molecule has 2 aliphatic heterocycles. The number of rotatable bonds is 6. The monoisotopic (exact) mass is 850 g/mol. The van der Waals surface area contributed by atoms with Gasteiger partial charge in [-0.15, -0.1) is 0 Å². The molecule has 268 valence electrons. The van der Waals surface area contributed by atoms with Crippen molar-refractivity contribution in [1.82, 2.24) is 0 Å². The van der Waals surface area contributed by atoms with Crippen LogP contribution in [-0.2, 0) is 24.2 Å². The first-order valence-corrected chi connectivity index (χ1v) is 32.7. The average Bonchev–Trinajstić information content (AvgIpc) is 3.71. The van der Waals surface area contributed by atoms with E-state index >= 15 is 0 Å². The van der Waals surface area contributed by atoms with Crippen LogP contribution >= 0.6 is 0 Å². The van der Waals surface area contributed by atoms with Gasteiger partial charge in [-0.3, -0.25) is 12.2 Å². The number of hydrogen-bond acceptors (Lipinski definition) is 2. The van der Waals surface area contributed by atoms with Crippen LogP contribution in [0.1, 0.15) is 13.8 Å². The second kappa shape index (κ2) is 17.2. The number of nitrogens with zero attached hydrogens (tertiary/aromatic N) is 2. The summed E-state index contributed by atoms with van der Waals surface area (Å²) in [7, 11) is -5.40. The molecule has 0 radical (unpaired) electrons. The van der Waals surface area contributed by atoms with E-state index in [9.17, 15) is 0 Å². The van der Waals surface area contributed by atoms with Crippen LogP contribution in [0.5, 0.6) is 0 Å². The summed E-state index contributed by atoms with van der Waals surface area (Å²) >= 11 is 1.55. The van der Waals surface area contributed by atoms with E-state index in [1.165, 1.54) is 47.0 Å². The molecule has 2 heterocycles. The molecule has 4 aliphatic rings. The molecule has 0 saturated carbocycles. The van der Waals surface area contributed by atoms with Gasteiger partial charge in [0.25, 0.3) is 0 Å². The van der Waals surface area contributed by atoms with Crippen molar-refractivity contribution in [2.75, 3.05) is 9.80 Å². The van der Waals surface area contributed by atoms with Gasteiger partial charge in [0.05, 0.1) is 16.1 Å². The molecule has 0 fully saturated rings. The summed E-state index contributed by atoms with van der Waals surface area (Å²) in [5, 5.41) is 5.99. The predicted molar refractivity (Wildman–Crippen MR) is 220 cm³/mol. The molecular formula is C41H58Cl2N2Si4Zr-2. The first-order valence-electron chi connectivity index (χ1n) is 17.5. The molecule has 0 bridgehead atoms. The summed E-state index contributed by atoms with van der Waals surface area (Å²) in [5.41, 5.74) is 5.43. The fraction of sp³-hybridized carbons (Fsp3) is 0.390. The fourth-order valence-electron chi connectivity index (χ4n) is 6.21. The summed E-state index contributed by atoms with van der Waals surface area (Å²) in [4.78, 5) is 5.02. The van der Waals surface area contributed by atoms with Crippen molar-refractivity contribution in [2.45, 2.75) is 92.4 Å². The molecule has 0 saturated heterocycles. The molecule has 2 nitrogen and oxygen atoms in total. The number of hydrogen-bond donors (Lipinski definition) is 0. The maximum atomic E-state index is 3.78. The number of halogens is 2.